The molecule has 1 saturated carbocycles. The molecule has 1 aliphatic rings. The van der Waals surface area contributed by atoms with E-state index < -0.39 is 0 Å². The number of hydrogen-bond donors (Lipinski definition) is 1. The minimum Gasteiger partial charge on any atom is -0.488 e. The molecule has 7 nitrogen and oxygen atoms in total. The molecule has 1 aromatic heterocycles. The molecule has 3 aromatic rings. The zero-order valence-electron chi connectivity index (χ0n) is 27.7. The maximum atomic E-state index is 10.8. The van der Waals surface area contributed by atoms with Crippen LogP contribution in [0, 0.1) is 18.8 Å². The number of aromatic nitrogens is 2. The third-order valence-corrected chi connectivity index (χ3v) is 6.54. The third-order valence-electron chi connectivity index (χ3n) is 6.54. The van der Waals surface area contributed by atoms with Crippen LogP contribution < -0.4 is 15.4 Å². The largest absolute Gasteiger partial charge is 0.488 e. The van der Waals surface area contributed by atoms with Gasteiger partial charge in [0, 0.05) is 32.8 Å². The molecule has 0 spiro atoms. The van der Waals surface area contributed by atoms with Crippen molar-refractivity contribution >= 4 is 28.4 Å². The number of rotatable bonds is 5. The fourth-order valence-corrected chi connectivity index (χ4v) is 4.34. The highest BCUT2D eigenvalue weighted by molar-refractivity contribution is 5.89. The SMILES string of the molecule is CC(=O)CCc1ccc(OC(C)(C)C)cc1.CC(N)=O.CC1CCC(C)CC1.Cc1nc(N(C)C)c2ccccc2n1. The van der Waals surface area contributed by atoms with E-state index in [9.17, 15) is 9.59 Å². The molecule has 0 unspecified atom stereocenters. The number of nitrogens with zero attached hydrogens (tertiary/aromatic N) is 3. The minimum absolute atomic E-state index is 0.166. The lowest BCUT2D eigenvalue weighted by Crippen LogP contribution is -2.22. The number of ketones is 1. The first-order chi connectivity index (χ1) is 19.6. The summed E-state index contributed by atoms with van der Waals surface area (Å²) in [5, 5.41) is 1.10. The Hall–Kier alpha value is -3.48. The summed E-state index contributed by atoms with van der Waals surface area (Å²) < 4.78 is 5.72. The number of carbonyl (C=O) groups is 2. The molecule has 7 heteroatoms. The van der Waals surface area contributed by atoms with Crippen LogP contribution in [-0.2, 0) is 16.0 Å². The Balaban J connectivity index is 0.000000308. The van der Waals surface area contributed by atoms with Crippen molar-refractivity contribution in [2.75, 3.05) is 19.0 Å². The summed E-state index contributed by atoms with van der Waals surface area (Å²) in [6.45, 7) is 15.7. The number of ether oxygens (including phenoxy) is 1. The van der Waals surface area contributed by atoms with Gasteiger partial charge in [0.2, 0.25) is 5.91 Å². The normalized spacial score (nSPS) is 16.0. The number of hydrogen-bond acceptors (Lipinski definition) is 6. The summed E-state index contributed by atoms with van der Waals surface area (Å²) in [6, 6.07) is 16.0. The van der Waals surface area contributed by atoms with Crippen LogP contribution in [0.1, 0.15) is 92.0 Å². The Morgan fingerprint density at radius 3 is 1.86 bits per heavy atom. The number of aryl methyl sites for hydroxylation is 2. The monoisotopic (exact) mass is 578 g/mol. The molecule has 1 heterocycles. The first-order valence-corrected chi connectivity index (χ1v) is 15.0. The van der Waals surface area contributed by atoms with Gasteiger partial charge < -0.3 is 20.2 Å². The second-order valence-electron chi connectivity index (χ2n) is 12.5. The van der Waals surface area contributed by atoms with Crippen LogP contribution in [0.5, 0.6) is 5.75 Å². The molecule has 232 valence electrons. The third kappa shape index (κ3) is 16.1. The van der Waals surface area contributed by atoms with Crippen molar-refractivity contribution in [2.45, 2.75) is 99.5 Å². The molecule has 0 radical (unpaired) electrons. The van der Waals surface area contributed by atoms with Gasteiger partial charge in [-0.3, -0.25) is 4.79 Å². The molecule has 0 saturated heterocycles. The van der Waals surface area contributed by atoms with E-state index in [1.54, 1.807) is 6.92 Å². The van der Waals surface area contributed by atoms with Gasteiger partial charge in [-0.25, -0.2) is 9.97 Å². The molecule has 0 aliphatic heterocycles. The molecule has 0 atom stereocenters. The van der Waals surface area contributed by atoms with E-state index in [4.69, 9.17) is 4.74 Å². The van der Waals surface area contributed by atoms with Crippen LogP contribution in [0.4, 0.5) is 5.82 Å². The smallest absolute Gasteiger partial charge is 0.214 e. The molecular formula is C35H54N4O3. The van der Waals surface area contributed by atoms with Crippen LogP contribution in [-0.4, -0.2) is 41.4 Å². The summed E-state index contributed by atoms with van der Waals surface area (Å²) in [5.41, 5.74) is 6.49. The maximum Gasteiger partial charge on any atom is 0.214 e. The van der Waals surface area contributed by atoms with E-state index in [-0.39, 0.29) is 17.3 Å². The van der Waals surface area contributed by atoms with Gasteiger partial charge in [-0.1, -0.05) is 63.8 Å². The average molecular weight is 579 g/mol. The molecule has 1 amide bonds. The Morgan fingerprint density at radius 1 is 0.905 bits per heavy atom. The lowest BCUT2D eigenvalue weighted by Gasteiger charge is -2.22. The molecule has 2 aromatic carbocycles. The summed E-state index contributed by atoms with van der Waals surface area (Å²) >= 11 is 0. The van der Waals surface area contributed by atoms with Gasteiger partial charge in [0.1, 0.15) is 28.8 Å². The minimum atomic E-state index is -0.333. The number of nitrogens with two attached hydrogens (primary N) is 1. The lowest BCUT2D eigenvalue weighted by molar-refractivity contribution is -0.117. The van der Waals surface area contributed by atoms with Gasteiger partial charge in [0.25, 0.3) is 0 Å². The molecule has 1 fully saturated rings. The summed E-state index contributed by atoms with van der Waals surface area (Å²) in [7, 11) is 3.99. The molecular weight excluding hydrogens is 524 g/mol. The maximum absolute atomic E-state index is 10.8. The van der Waals surface area contributed by atoms with Gasteiger partial charge >= 0.3 is 0 Å². The van der Waals surface area contributed by atoms with E-state index in [2.05, 4.69) is 29.5 Å². The second-order valence-corrected chi connectivity index (χ2v) is 12.5. The highest BCUT2D eigenvalue weighted by Crippen LogP contribution is 2.27. The van der Waals surface area contributed by atoms with Crippen molar-refractivity contribution in [3.8, 4) is 5.75 Å². The highest BCUT2D eigenvalue weighted by atomic mass is 16.5. The van der Waals surface area contributed by atoms with Crippen LogP contribution in [0.2, 0.25) is 0 Å². The number of primary amides is 1. The van der Waals surface area contributed by atoms with Gasteiger partial charge in [0.05, 0.1) is 5.52 Å². The second kappa shape index (κ2) is 18.1. The van der Waals surface area contributed by atoms with Crippen LogP contribution in [0.15, 0.2) is 48.5 Å². The van der Waals surface area contributed by atoms with E-state index >= 15 is 0 Å². The first kappa shape index (κ1) is 36.5. The summed E-state index contributed by atoms with van der Waals surface area (Å²) in [6.07, 6.45) is 7.31. The van der Waals surface area contributed by atoms with E-state index in [1.807, 2.05) is 95.2 Å². The number of carbonyl (C=O) groups excluding carboxylic acids is 2. The Labute approximate surface area is 254 Å². The van der Waals surface area contributed by atoms with E-state index in [1.165, 1.54) is 38.2 Å². The zero-order chi connectivity index (χ0) is 31.9. The van der Waals surface area contributed by atoms with Crippen molar-refractivity contribution in [1.29, 1.82) is 0 Å². The van der Waals surface area contributed by atoms with Crippen molar-refractivity contribution in [1.82, 2.24) is 9.97 Å². The molecule has 4 rings (SSSR count). The molecule has 2 N–H and O–H groups in total. The topological polar surface area (TPSA) is 98.4 Å². The lowest BCUT2D eigenvalue weighted by atomic mass is 9.84. The van der Waals surface area contributed by atoms with Crippen LogP contribution >= 0.6 is 0 Å². The van der Waals surface area contributed by atoms with Gasteiger partial charge in [-0.15, -0.1) is 0 Å². The van der Waals surface area contributed by atoms with Crippen molar-refractivity contribution in [2.24, 2.45) is 17.6 Å². The predicted octanol–water partition coefficient (Wildman–Crippen LogP) is 7.71. The summed E-state index contributed by atoms with van der Waals surface area (Å²) in [5.74, 6) is 4.60. The number of benzene rings is 2. The number of Topliss-reactive ketones (excluding diaryl/α,β-unsaturated/α-hetero) is 1. The fourth-order valence-electron chi connectivity index (χ4n) is 4.34. The van der Waals surface area contributed by atoms with Crippen molar-refractivity contribution < 1.29 is 14.3 Å². The van der Waals surface area contributed by atoms with E-state index in [0.717, 1.165) is 46.6 Å². The molecule has 42 heavy (non-hydrogen) atoms. The van der Waals surface area contributed by atoms with E-state index in [0.29, 0.717) is 6.42 Å². The first-order valence-electron chi connectivity index (χ1n) is 15.0. The van der Waals surface area contributed by atoms with Crippen molar-refractivity contribution in [3.05, 3.63) is 59.9 Å². The molecule has 0 bridgehead atoms. The number of amides is 1. The fraction of sp³-hybridized carbons (Fsp3) is 0.543. The average Bonchev–Trinajstić information content (AvgIpc) is 2.89. The quantitative estimate of drug-likeness (QED) is 0.333. The zero-order valence-corrected chi connectivity index (χ0v) is 27.7. The van der Waals surface area contributed by atoms with Crippen LogP contribution in [0.25, 0.3) is 10.9 Å². The predicted molar refractivity (Wildman–Crippen MR) is 176 cm³/mol. The number of para-hydroxylation sites is 1. The van der Waals surface area contributed by atoms with Crippen molar-refractivity contribution in [3.63, 3.8) is 0 Å². The van der Waals surface area contributed by atoms with Gasteiger partial charge in [-0.2, -0.15) is 0 Å². The number of fused-ring (bicyclic) bond motifs is 1. The number of anilines is 1. The van der Waals surface area contributed by atoms with Gasteiger partial charge in [-0.05, 0) is 82.7 Å². The Kier molecular flexibility index (Phi) is 15.8. The Bertz CT molecular complexity index is 1210. The highest BCUT2D eigenvalue weighted by Gasteiger charge is 2.13. The molecule has 1 aliphatic carbocycles. The summed E-state index contributed by atoms with van der Waals surface area (Å²) in [4.78, 5) is 30.9. The Morgan fingerprint density at radius 2 is 1.40 bits per heavy atom. The standard InChI is InChI=1S/C14H20O2.C11H13N3.C8H16.C2H5NO/c1-11(15)5-6-12-7-9-13(10-8-12)16-14(2,3)4;1-8-12-10-7-5-4-6-9(10)11(13-8)14(2)3;1-7-3-5-8(2)6-4-7;1-2(3)4/h7-10H,5-6H2,1-4H3;4-7H,1-3H3;7-8H,3-6H2,1-2H3;1H3,(H2,3,4). The van der Waals surface area contributed by atoms with Crippen LogP contribution in [0.3, 0.4) is 0 Å². The van der Waals surface area contributed by atoms with Gasteiger partial charge in [0.15, 0.2) is 0 Å².